The lowest BCUT2D eigenvalue weighted by Crippen LogP contribution is -2.36. The molecule has 0 amide bonds. The smallest absolute Gasteiger partial charge is 0.190 e. The van der Waals surface area contributed by atoms with Crippen LogP contribution in [0.5, 0.6) is 0 Å². The molecule has 1 N–H and O–H groups in total. The van der Waals surface area contributed by atoms with Crippen molar-refractivity contribution < 1.29 is 24.2 Å². The molecule has 0 unspecified atom stereocenters. The predicted molar refractivity (Wildman–Crippen MR) is 87.8 cm³/mol. The summed E-state index contributed by atoms with van der Waals surface area (Å²) in [6.07, 6.45) is 2.08. The molecule has 2 aliphatic heterocycles. The number of nitrogens with zero attached hydrogens (tertiary/aromatic N) is 1. The summed E-state index contributed by atoms with van der Waals surface area (Å²) in [7, 11) is 0. The van der Waals surface area contributed by atoms with Gasteiger partial charge in [-0.3, -0.25) is 0 Å². The molecule has 24 heavy (non-hydrogen) atoms. The van der Waals surface area contributed by atoms with E-state index < -0.39 is 12.1 Å². The van der Waals surface area contributed by atoms with Gasteiger partial charge in [-0.1, -0.05) is 41.6 Å². The van der Waals surface area contributed by atoms with Crippen LogP contribution in [-0.4, -0.2) is 41.3 Å². The zero-order chi connectivity index (χ0) is 17.2. The third-order valence-corrected chi connectivity index (χ3v) is 4.00. The highest BCUT2D eigenvalue weighted by Crippen LogP contribution is 2.39. The van der Waals surface area contributed by atoms with Gasteiger partial charge in [0.05, 0.1) is 12.3 Å². The van der Waals surface area contributed by atoms with Crippen molar-refractivity contribution >= 4 is 5.71 Å². The van der Waals surface area contributed by atoms with Gasteiger partial charge in [0.15, 0.2) is 12.1 Å². The summed E-state index contributed by atoms with van der Waals surface area (Å²) in [6, 6.07) is 9.94. The summed E-state index contributed by atoms with van der Waals surface area (Å²) in [5, 5.41) is 11.9. The van der Waals surface area contributed by atoms with Crippen LogP contribution < -0.4 is 0 Å². The van der Waals surface area contributed by atoms with Crippen LogP contribution in [-0.2, 0) is 25.6 Å². The van der Waals surface area contributed by atoms with Crippen molar-refractivity contribution in [2.75, 3.05) is 0 Å². The highest BCUT2D eigenvalue weighted by Gasteiger charge is 2.54. The normalized spacial score (nSPS) is 32.4. The Hall–Kier alpha value is -1.73. The molecule has 4 atom stereocenters. The monoisotopic (exact) mass is 333 g/mol. The molecule has 2 heterocycles. The number of oxime groups is 1. The van der Waals surface area contributed by atoms with Gasteiger partial charge in [-0.25, -0.2) is 0 Å². The van der Waals surface area contributed by atoms with E-state index in [2.05, 4.69) is 5.16 Å². The second-order valence-corrected chi connectivity index (χ2v) is 6.43. The van der Waals surface area contributed by atoms with Crippen molar-refractivity contribution in [3.05, 3.63) is 48.0 Å². The molecule has 1 aromatic carbocycles. The molecular formula is C18H23NO5. The Kier molecular flexibility index (Phi) is 5.01. The first-order chi connectivity index (χ1) is 11.5. The van der Waals surface area contributed by atoms with Crippen molar-refractivity contribution in [1.29, 1.82) is 0 Å². The van der Waals surface area contributed by atoms with Crippen molar-refractivity contribution in [3.8, 4) is 0 Å². The van der Waals surface area contributed by atoms with Gasteiger partial charge >= 0.3 is 0 Å². The maximum Gasteiger partial charge on any atom is 0.190 e. The molecule has 0 aromatic heterocycles. The van der Waals surface area contributed by atoms with Crippen LogP contribution >= 0.6 is 0 Å². The Morgan fingerprint density at radius 2 is 2.04 bits per heavy atom. The van der Waals surface area contributed by atoms with Gasteiger partial charge in [0.25, 0.3) is 0 Å². The number of ether oxygens (including phenoxy) is 4. The van der Waals surface area contributed by atoms with E-state index in [1.807, 2.05) is 50.3 Å². The SMILES string of the molecule is CC(/C=C/[C@H]1O[C@@H]2OC(C)(C)O[C@@H]2[C@H]1OCc1ccccc1)=N\O. The van der Waals surface area contributed by atoms with Crippen LogP contribution in [0.2, 0.25) is 0 Å². The van der Waals surface area contributed by atoms with E-state index in [9.17, 15) is 0 Å². The standard InChI is InChI=1S/C18H23NO5/c1-12(19-20)9-10-14-15(21-11-13-7-5-4-6-8-13)16-17(22-14)24-18(2,3)23-16/h4-10,14-17,20H,11H2,1-3H3/b10-9+,19-12+/t14-,15+,16-,17-/m1/s1. The number of benzene rings is 1. The van der Waals surface area contributed by atoms with E-state index in [0.29, 0.717) is 12.3 Å². The molecule has 0 aliphatic carbocycles. The van der Waals surface area contributed by atoms with Gasteiger partial charge in [-0.05, 0) is 32.4 Å². The van der Waals surface area contributed by atoms with E-state index in [0.717, 1.165) is 5.56 Å². The summed E-state index contributed by atoms with van der Waals surface area (Å²) in [4.78, 5) is 0. The number of rotatable bonds is 5. The molecule has 6 nitrogen and oxygen atoms in total. The molecule has 2 aliphatic rings. The van der Waals surface area contributed by atoms with Crippen LogP contribution in [0.25, 0.3) is 0 Å². The molecule has 1 aromatic rings. The third-order valence-electron chi connectivity index (χ3n) is 4.00. The first kappa shape index (κ1) is 17.1. The molecule has 2 fully saturated rings. The lowest BCUT2D eigenvalue weighted by Gasteiger charge is -2.24. The first-order valence-electron chi connectivity index (χ1n) is 8.02. The molecular weight excluding hydrogens is 310 g/mol. The number of fused-ring (bicyclic) bond motifs is 1. The minimum absolute atomic E-state index is 0.301. The average molecular weight is 333 g/mol. The third kappa shape index (κ3) is 3.84. The molecule has 0 bridgehead atoms. The largest absolute Gasteiger partial charge is 0.411 e. The van der Waals surface area contributed by atoms with Crippen LogP contribution in [0, 0.1) is 0 Å². The van der Waals surface area contributed by atoms with E-state index in [1.165, 1.54) is 0 Å². The molecule has 6 heteroatoms. The summed E-state index contributed by atoms with van der Waals surface area (Å²) < 4.78 is 23.7. The highest BCUT2D eigenvalue weighted by molar-refractivity contribution is 5.92. The molecule has 0 saturated carbocycles. The summed E-state index contributed by atoms with van der Waals surface area (Å²) in [5.41, 5.74) is 1.56. The lowest BCUT2D eigenvalue weighted by molar-refractivity contribution is -0.213. The molecule has 3 rings (SSSR count). The Labute approximate surface area is 141 Å². The van der Waals surface area contributed by atoms with Crippen molar-refractivity contribution in [2.24, 2.45) is 5.16 Å². The number of hydrogen-bond acceptors (Lipinski definition) is 6. The molecule has 2 saturated heterocycles. The Morgan fingerprint density at radius 1 is 1.29 bits per heavy atom. The zero-order valence-corrected chi connectivity index (χ0v) is 14.1. The van der Waals surface area contributed by atoms with E-state index >= 15 is 0 Å². The zero-order valence-electron chi connectivity index (χ0n) is 14.1. The predicted octanol–water partition coefficient (Wildman–Crippen LogP) is 2.85. The summed E-state index contributed by atoms with van der Waals surface area (Å²) in [5.74, 6) is -0.694. The van der Waals surface area contributed by atoms with E-state index in [4.69, 9.17) is 24.2 Å². The van der Waals surface area contributed by atoms with Crippen LogP contribution in [0.3, 0.4) is 0 Å². The second kappa shape index (κ2) is 7.03. The van der Waals surface area contributed by atoms with E-state index in [1.54, 1.807) is 13.0 Å². The minimum Gasteiger partial charge on any atom is -0.411 e. The van der Waals surface area contributed by atoms with Crippen LogP contribution in [0.1, 0.15) is 26.3 Å². The van der Waals surface area contributed by atoms with Crippen LogP contribution in [0.15, 0.2) is 47.6 Å². The topological polar surface area (TPSA) is 69.5 Å². The Morgan fingerprint density at radius 3 is 2.75 bits per heavy atom. The van der Waals surface area contributed by atoms with Gasteiger partial charge in [0.1, 0.15) is 18.3 Å². The summed E-state index contributed by atoms with van der Waals surface area (Å²) >= 11 is 0. The Bertz CT molecular complexity index is 613. The van der Waals surface area contributed by atoms with Crippen molar-refractivity contribution in [3.63, 3.8) is 0 Å². The quantitative estimate of drug-likeness (QED) is 0.510. The lowest BCUT2D eigenvalue weighted by atomic mass is 10.1. The number of hydrogen-bond donors (Lipinski definition) is 1. The maximum atomic E-state index is 8.77. The number of allylic oxidation sites excluding steroid dienone is 1. The van der Waals surface area contributed by atoms with Gasteiger partial charge < -0.3 is 24.2 Å². The van der Waals surface area contributed by atoms with Gasteiger partial charge in [-0.15, -0.1) is 0 Å². The highest BCUT2D eigenvalue weighted by atomic mass is 16.8. The van der Waals surface area contributed by atoms with Crippen LogP contribution in [0.4, 0.5) is 0 Å². The molecule has 0 spiro atoms. The van der Waals surface area contributed by atoms with Gasteiger partial charge in [-0.2, -0.15) is 0 Å². The molecule has 0 radical (unpaired) electrons. The maximum absolute atomic E-state index is 8.77. The minimum atomic E-state index is -0.694. The second-order valence-electron chi connectivity index (χ2n) is 6.43. The van der Waals surface area contributed by atoms with Gasteiger partial charge in [0.2, 0.25) is 0 Å². The Balaban J connectivity index is 1.72. The van der Waals surface area contributed by atoms with Crippen molar-refractivity contribution in [1.82, 2.24) is 0 Å². The first-order valence-corrected chi connectivity index (χ1v) is 8.02. The average Bonchev–Trinajstić information content (AvgIpc) is 3.03. The fourth-order valence-electron chi connectivity index (χ4n) is 2.88. The summed E-state index contributed by atoms with van der Waals surface area (Å²) in [6.45, 7) is 5.87. The van der Waals surface area contributed by atoms with Crippen molar-refractivity contribution in [2.45, 2.75) is 57.8 Å². The molecule has 130 valence electrons. The fourth-order valence-corrected chi connectivity index (χ4v) is 2.88. The fraction of sp³-hybridized carbons (Fsp3) is 0.500. The van der Waals surface area contributed by atoms with E-state index in [-0.39, 0.29) is 18.3 Å². The van der Waals surface area contributed by atoms with Gasteiger partial charge in [0, 0.05) is 0 Å².